The van der Waals surface area contributed by atoms with Gasteiger partial charge < -0.3 is 0 Å². The number of hydrogen-bond acceptors (Lipinski definition) is 1. The van der Waals surface area contributed by atoms with Crippen molar-refractivity contribution < 1.29 is 0 Å². The molecule has 1 rings (SSSR count). The zero-order chi connectivity index (χ0) is 8.10. The smallest absolute Gasteiger partial charge is 0.0661 e. The Balaban J connectivity index is 2.51. The summed E-state index contributed by atoms with van der Waals surface area (Å²) in [5, 5.41) is 8.79. The minimum absolute atomic E-state index is 0.256. The Morgan fingerprint density at radius 1 is 1.73 bits per heavy atom. The number of allylic oxidation sites excluding steroid dienone is 2. The second-order valence-corrected chi connectivity index (χ2v) is 3.17. The first-order valence-corrected chi connectivity index (χ1v) is 4.44. The van der Waals surface area contributed by atoms with Crippen molar-refractivity contribution >= 4 is 0 Å². The maximum absolute atomic E-state index is 8.79. The largest absolute Gasteiger partial charge is 0.198 e. The normalized spacial score (nSPS) is 26.0. The molecular weight excluding hydrogens is 134 g/mol. The van der Waals surface area contributed by atoms with Crippen molar-refractivity contribution in [1.29, 1.82) is 5.26 Å². The Kier molecular flexibility index (Phi) is 3.16. The van der Waals surface area contributed by atoms with Crippen LogP contribution in [0.1, 0.15) is 32.6 Å². The van der Waals surface area contributed by atoms with Crippen LogP contribution in [-0.2, 0) is 0 Å². The number of nitrogens with zero attached hydrogens (tertiary/aromatic N) is 1. The minimum atomic E-state index is 0.256. The average Bonchev–Trinajstić information content (AvgIpc) is 2.09. The summed E-state index contributed by atoms with van der Waals surface area (Å²) in [7, 11) is 0. The standard InChI is InChI=1S/C10H15N/c1-2-9(8-11)10-6-4-3-5-7-10/h4,6,9-10H,2-3,5,7H2,1H3/t9-,10+/m1/s1. The van der Waals surface area contributed by atoms with E-state index in [9.17, 15) is 0 Å². The van der Waals surface area contributed by atoms with Crippen LogP contribution < -0.4 is 0 Å². The van der Waals surface area contributed by atoms with Crippen LogP contribution in [0.3, 0.4) is 0 Å². The highest BCUT2D eigenvalue weighted by molar-refractivity contribution is 5.01. The predicted octanol–water partition coefficient (Wildman–Crippen LogP) is 2.89. The van der Waals surface area contributed by atoms with Crippen molar-refractivity contribution in [2.75, 3.05) is 0 Å². The summed E-state index contributed by atoms with van der Waals surface area (Å²) in [5.41, 5.74) is 0. The third-order valence-corrected chi connectivity index (χ3v) is 2.41. The van der Waals surface area contributed by atoms with Crippen molar-refractivity contribution in [3.63, 3.8) is 0 Å². The van der Waals surface area contributed by atoms with E-state index in [1.807, 2.05) is 0 Å². The van der Waals surface area contributed by atoms with Gasteiger partial charge in [-0.05, 0) is 31.6 Å². The summed E-state index contributed by atoms with van der Waals surface area (Å²) in [5.74, 6) is 0.797. The van der Waals surface area contributed by atoms with Gasteiger partial charge in [0.05, 0.1) is 12.0 Å². The van der Waals surface area contributed by atoms with E-state index in [-0.39, 0.29) is 5.92 Å². The second kappa shape index (κ2) is 4.18. The maximum atomic E-state index is 8.79. The van der Waals surface area contributed by atoms with Crippen molar-refractivity contribution in [2.24, 2.45) is 11.8 Å². The Hall–Kier alpha value is -0.770. The molecule has 0 fully saturated rings. The topological polar surface area (TPSA) is 23.8 Å². The van der Waals surface area contributed by atoms with Crippen molar-refractivity contribution in [3.8, 4) is 6.07 Å². The summed E-state index contributed by atoms with van der Waals surface area (Å²) in [6.07, 6.45) is 9.11. The van der Waals surface area contributed by atoms with Crippen LogP contribution in [0.4, 0.5) is 0 Å². The minimum Gasteiger partial charge on any atom is -0.198 e. The molecule has 2 atom stereocenters. The molecule has 0 aliphatic heterocycles. The molecule has 1 aliphatic rings. The molecule has 0 aromatic carbocycles. The molecule has 0 amide bonds. The van der Waals surface area contributed by atoms with Gasteiger partial charge in [0.15, 0.2) is 0 Å². The fourth-order valence-electron chi connectivity index (χ4n) is 1.66. The van der Waals surface area contributed by atoms with Crippen LogP contribution in [0, 0.1) is 23.2 Å². The number of rotatable bonds is 2. The van der Waals surface area contributed by atoms with Gasteiger partial charge in [-0.25, -0.2) is 0 Å². The third kappa shape index (κ3) is 2.08. The van der Waals surface area contributed by atoms with Gasteiger partial charge in [-0.2, -0.15) is 5.26 Å². The molecule has 1 nitrogen and oxygen atoms in total. The van der Waals surface area contributed by atoms with Gasteiger partial charge in [0, 0.05) is 0 Å². The second-order valence-electron chi connectivity index (χ2n) is 3.17. The van der Waals surface area contributed by atoms with E-state index in [2.05, 4.69) is 25.1 Å². The van der Waals surface area contributed by atoms with Crippen LogP contribution in [0.25, 0.3) is 0 Å². The van der Waals surface area contributed by atoms with E-state index in [0.717, 1.165) is 6.42 Å². The van der Waals surface area contributed by atoms with E-state index in [1.54, 1.807) is 0 Å². The fraction of sp³-hybridized carbons (Fsp3) is 0.700. The highest BCUT2D eigenvalue weighted by atomic mass is 14.3. The first kappa shape index (κ1) is 8.33. The zero-order valence-electron chi connectivity index (χ0n) is 7.09. The molecule has 0 radical (unpaired) electrons. The van der Waals surface area contributed by atoms with Crippen molar-refractivity contribution in [3.05, 3.63) is 12.2 Å². The molecule has 60 valence electrons. The summed E-state index contributed by atoms with van der Waals surface area (Å²) in [6.45, 7) is 2.09. The molecule has 11 heavy (non-hydrogen) atoms. The third-order valence-electron chi connectivity index (χ3n) is 2.41. The Bertz CT molecular complexity index is 176. The first-order valence-electron chi connectivity index (χ1n) is 4.44. The van der Waals surface area contributed by atoms with Gasteiger partial charge in [0.2, 0.25) is 0 Å². The quantitative estimate of drug-likeness (QED) is 0.554. The summed E-state index contributed by atoms with van der Waals surface area (Å²) < 4.78 is 0. The molecule has 0 saturated carbocycles. The zero-order valence-corrected chi connectivity index (χ0v) is 7.09. The lowest BCUT2D eigenvalue weighted by Crippen LogP contribution is -2.11. The van der Waals surface area contributed by atoms with Gasteiger partial charge in [-0.1, -0.05) is 19.1 Å². The van der Waals surface area contributed by atoms with E-state index in [0.29, 0.717) is 5.92 Å². The molecular formula is C10H15N. The predicted molar refractivity (Wildman–Crippen MR) is 45.9 cm³/mol. The lowest BCUT2D eigenvalue weighted by atomic mass is 9.84. The number of nitriles is 1. The van der Waals surface area contributed by atoms with Gasteiger partial charge in [0.25, 0.3) is 0 Å². The van der Waals surface area contributed by atoms with Gasteiger partial charge in [-0.15, -0.1) is 0 Å². The van der Waals surface area contributed by atoms with E-state index in [4.69, 9.17) is 5.26 Å². The molecule has 0 unspecified atom stereocenters. The van der Waals surface area contributed by atoms with Gasteiger partial charge in [-0.3, -0.25) is 0 Å². The van der Waals surface area contributed by atoms with Crippen LogP contribution in [-0.4, -0.2) is 0 Å². The molecule has 0 N–H and O–H groups in total. The average molecular weight is 149 g/mol. The summed E-state index contributed by atoms with van der Waals surface area (Å²) in [6, 6.07) is 2.37. The van der Waals surface area contributed by atoms with Crippen LogP contribution in [0.5, 0.6) is 0 Å². The van der Waals surface area contributed by atoms with E-state index >= 15 is 0 Å². The molecule has 0 bridgehead atoms. The fourth-order valence-corrected chi connectivity index (χ4v) is 1.66. The highest BCUT2D eigenvalue weighted by Gasteiger charge is 2.17. The van der Waals surface area contributed by atoms with Crippen LogP contribution in [0.15, 0.2) is 12.2 Å². The van der Waals surface area contributed by atoms with Crippen LogP contribution >= 0.6 is 0 Å². The Morgan fingerprint density at radius 2 is 2.55 bits per heavy atom. The molecule has 0 saturated heterocycles. The highest BCUT2D eigenvalue weighted by Crippen LogP contribution is 2.26. The van der Waals surface area contributed by atoms with E-state index in [1.165, 1.54) is 19.3 Å². The number of hydrogen-bond donors (Lipinski definition) is 0. The molecule has 0 aromatic rings. The summed E-state index contributed by atoms with van der Waals surface area (Å²) in [4.78, 5) is 0. The van der Waals surface area contributed by atoms with Crippen molar-refractivity contribution in [1.82, 2.24) is 0 Å². The van der Waals surface area contributed by atoms with Crippen LogP contribution in [0.2, 0.25) is 0 Å². The first-order chi connectivity index (χ1) is 5.38. The van der Waals surface area contributed by atoms with Gasteiger partial charge >= 0.3 is 0 Å². The molecule has 1 aliphatic carbocycles. The SMILES string of the molecule is CC[C@H](C#N)[C@H]1C=CCCC1. The van der Waals surface area contributed by atoms with E-state index < -0.39 is 0 Å². The molecule has 1 heteroatoms. The Labute approximate surface area is 68.7 Å². The van der Waals surface area contributed by atoms with Crippen molar-refractivity contribution in [2.45, 2.75) is 32.6 Å². The lowest BCUT2D eigenvalue weighted by molar-refractivity contribution is 0.419. The monoisotopic (exact) mass is 149 g/mol. The summed E-state index contributed by atoms with van der Waals surface area (Å²) >= 11 is 0. The lowest BCUT2D eigenvalue weighted by Gasteiger charge is -2.19. The molecule has 0 aromatic heterocycles. The molecule has 0 heterocycles. The maximum Gasteiger partial charge on any atom is 0.0661 e. The molecule has 0 spiro atoms. The Morgan fingerprint density at radius 3 is 3.00 bits per heavy atom. The van der Waals surface area contributed by atoms with Gasteiger partial charge in [0.1, 0.15) is 0 Å².